The molecule has 0 bridgehead atoms. The van der Waals surface area contributed by atoms with Crippen molar-refractivity contribution in [2.24, 2.45) is 11.8 Å². The number of ether oxygens (including phenoxy) is 2. The topological polar surface area (TPSA) is 67.9 Å². The molecule has 0 spiro atoms. The standard InChI is InChI=1S/C34H52N2O4/c1-6-11-13-27(8-3)25-39-31-19-15-29(16-20-31)33(37)35-23-24-36(10-5)34(38)30-17-21-32(22-18-30)40-26-28(9-4)14-12-7-2/h15-22,27-28H,6-14,23-26H2,1-5H3,(H,35,37). The lowest BCUT2D eigenvalue weighted by molar-refractivity contribution is 0.0757. The fourth-order valence-corrected chi connectivity index (χ4v) is 4.61. The maximum Gasteiger partial charge on any atom is 0.253 e. The van der Waals surface area contributed by atoms with Crippen molar-refractivity contribution in [2.75, 3.05) is 32.8 Å². The van der Waals surface area contributed by atoms with E-state index in [1.807, 2.05) is 43.3 Å². The first-order chi connectivity index (χ1) is 19.4. The lowest BCUT2D eigenvalue weighted by atomic mass is 10.0. The molecule has 6 nitrogen and oxygen atoms in total. The molecule has 40 heavy (non-hydrogen) atoms. The monoisotopic (exact) mass is 552 g/mol. The average Bonchev–Trinajstić information content (AvgIpc) is 2.99. The van der Waals surface area contributed by atoms with Crippen LogP contribution in [0.25, 0.3) is 0 Å². The molecule has 0 saturated heterocycles. The molecule has 2 amide bonds. The van der Waals surface area contributed by atoms with E-state index in [0.717, 1.165) is 24.3 Å². The van der Waals surface area contributed by atoms with E-state index in [-0.39, 0.29) is 11.8 Å². The van der Waals surface area contributed by atoms with Gasteiger partial charge >= 0.3 is 0 Å². The molecule has 2 rings (SSSR count). The van der Waals surface area contributed by atoms with Crippen molar-refractivity contribution in [2.45, 2.75) is 86.0 Å². The first-order valence-corrected chi connectivity index (χ1v) is 15.5. The van der Waals surface area contributed by atoms with Crippen molar-refractivity contribution in [1.29, 1.82) is 0 Å². The number of hydrogen-bond acceptors (Lipinski definition) is 4. The van der Waals surface area contributed by atoms with Gasteiger partial charge in [-0.1, -0.05) is 66.2 Å². The van der Waals surface area contributed by atoms with Crippen molar-refractivity contribution >= 4 is 11.8 Å². The van der Waals surface area contributed by atoms with Gasteiger partial charge in [-0.2, -0.15) is 0 Å². The summed E-state index contributed by atoms with van der Waals surface area (Å²) in [7, 11) is 0. The highest BCUT2D eigenvalue weighted by molar-refractivity contribution is 5.95. The van der Waals surface area contributed by atoms with Crippen molar-refractivity contribution in [3.8, 4) is 11.5 Å². The van der Waals surface area contributed by atoms with Gasteiger partial charge in [-0.3, -0.25) is 9.59 Å². The number of carbonyl (C=O) groups excluding carboxylic acids is 2. The summed E-state index contributed by atoms with van der Waals surface area (Å²) >= 11 is 0. The second-order valence-corrected chi connectivity index (χ2v) is 10.6. The Labute approximate surface area is 242 Å². The average molecular weight is 553 g/mol. The summed E-state index contributed by atoms with van der Waals surface area (Å²) < 4.78 is 11.9. The molecule has 0 radical (unpaired) electrons. The molecule has 1 N–H and O–H groups in total. The number of likely N-dealkylation sites (N-methyl/N-ethyl adjacent to an activating group) is 1. The first-order valence-electron chi connectivity index (χ1n) is 15.5. The summed E-state index contributed by atoms with van der Waals surface area (Å²) in [5, 5.41) is 2.93. The molecule has 222 valence electrons. The molecule has 0 saturated carbocycles. The number of carbonyl (C=O) groups is 2. The molecule has 6 heteroatoms. The fraction of sp³-hybridized carbons (Fsp3) is 0.588. The second-order valence-electron chi connectivity index (χ2n) is 10.6. The number of nitrogens with zero attached hydrogens (tertiary/aromatic N) is 1. The third-order valence-corrected chi connectivity index (χ3v) is 7.61. The summed E-state index contributed by atoms with van der Waals surface area (Å²) in [6.07, 6.45) is 9.43. The molecular formula is C34H52N2O4. The van der Waals surface area contributed by atoms with Crippen LogP contribution in [0.3, 0.4) is 0 Å². The maximum atomic E-state index is 13.0. The van der Waals surface area contributed by atoms with Gasteiger partial charge < -0.3 is 19.7 Å². The molecule has 0 aliphatic carbocycles. The van der Waals surface area contributed by atoms with Crippen molar-refractivity contribution < 1.29 is 19.1 Å². The number of hydrogen-bond donors (Lipinski definition) is 1. The van der Waals surface area contributed by atoms with Crippen molar-refractivity contribution in [1.82, 2.24) is 10.2 Å². The van der Waals surface area contributed by atoms with E-state index in [1.54, 1.807) is 17.0 Å². The molecule has 0 aromatic heterocycles. The molecule has 0 fully saturated rings. The highest BCUT2D eigenvalue weighted by atomic mass is 16.5. The first kappa shape index (κ1) is 33.2. The van der Waals surface area contributed by atoms with Gasteiger partial charge in [0.25, 0.3) is 11.8 Å². The zero-order valence-corrected chi connectivity index (χ0v) is 25.5. The molecule has 0 heterocycles. The smallest absolute Gasteiger partial charge is 0.253 e. The van der Waals surface area contributed by atoms with Gasteiger partial charge in [0, 0.05) is 30.8 Å². The summed E-state index contributed by atoms with van der Waals surface area (Å²) in [4.78, 5) is 27.4. The third-order valence-electron chi connectivity index (χ3n) is 7.61. The minimum atomic E-state index is -0.157. The quantitative estimate of drug-likeness (QED) is 0.182. The van der Waals surface area contributed by atoms with Crippen LogP contribution in [-0.4, -0.2) is 49.6 Å². The lowest BCUT2D eigenvalue weighted by Crippen LogP contribution is -2.38. The number of nitrogens with one attached hydrogen (secondary N) is 1. The number of amides is 2. The maximum absolute atomic E-state index is 13.0. The van der Waals surface area contributed by atoms with E-state index in [9.17, 15) is 9.59 Å². The van der Waals surface area contributed by atoms with Crippen LogP contribution < -0.4 is 14.8 Å². The Hall–Kier alpha value is -3.02. The van der Waals surface area contributed by atoms with Crippen molar-refractivity contribution in [3.05, 3.63) is 59.7 Å². The van der Waals surface area contributed by atoms with Crippen LogP contribution in [0, 0.1) is 11.8 Å². The molecule has 0 aliphatic rings. The molecule has 2 aromatic carbocycles. The van der Waals surface area contributed by atoms with Gasteiger partial charge in [-0.05, 0) is 80.1 Å². The summed E-state index contributed by atoms with van der Waals surface area (Å²) in [6, 6.07) is 14.7. The number of benzene rings is 2. The van der Waals surface area contributed by atoms with Crippen LogP contribution >= 0.6 is 0 Å². The minimum absolute atomic E-state index is 0.0523. The van der Waals surface area contributed by atoms with Gasteiger partial charge in [0.05, 0.1) is 13.2 Å². The van der Waals surface area contributed by atoms with E-state index in [0.29, 0.717) is 55.8 Å². The SMILES string of the molecule is CCCCC(CC)COc1ccc(C(=O)NCCN(CC)C(=O)c2ccc(OCC(CC)CCCC)cc2)cc1. The Balaban J connectivity index is 1.79. The van der Waals surface area contributed by atoms with E-state index in [4.69, 9.17) is 9.47 Å². The van der Waals surface area contributed by atoms with Crippen LogP contribution in [0.4, 0.5) is 0 Å². The van der Waals surface area contributed by atoms with E-state index < -0.39 is 0 Å². The Morgan fingerprint density at radius 1 is 0.725 bits per heavy atom. The van der Waals surface area contributed by atoms with E-state index >= 15 is 0 Å². The fourth-order valence-electron chi connectivity index (χ4n) is 4.61. The van der Waals surface area contributed by atoms with Gasteiger partial charge in [-0.25, -0.2) is 0 Å². The van der Waals surface area contributed by atoms with Gasteiger partial charge in [0.2, 0.25) is 0 Å². The van der Waals surface area contributed by atoms with Gasteiger partial charge in [-0.15, -0.1) is 0 Å². The van der Waals surface area contributed by atoms with Gasteiger partial charge in [0.1, 0.15) is 11.5 Å². The molecule has 2 unspecified atom stereocenters. The number of unbranched alkanes of at least 4 members (excludes halogenated alkanes) is 2. The van der Waals surface area contributed by atoms with Gasteiger partial charge in [0.15, 0.2) is 0 Å². The largest absolute Gasteiger partial charge is 0.493 e. The summed E-state index contributed by atoms with van der Waals surface area (Å²) in [6.45, 7) is 13.6. The third kappa shape index (κ3) is 11.6. The molecular weight excluding hydrogens is 500 g/mol. The highest BCUT2D eigenvalue weighted by Crippen LogP contribution is 2.19. The zero-order chi connectivity index (χ0) is 29.2. The van der Waals surface area contributed by atoms with E-state index in [2.05, 4.69) is 33.0 Å². The zero-order valence-electron chi connectivity index (χ0n) is 25.5. The Morgan fingerprint density at radius 2 is 1.20 bits per heavy atom. The van der Waals surface area contributed by atoms with Crippen LogP contribution in [0.1, 0.15) is 107 Å². The molecule has 2 atom stereocenters. The van der Waals surface area contributed by atoms with Crippen molar-refractivity contribution in [3.63, 3.8) is 0 Å². The minimum Gasteiger partial charge on any atom is -0.493 e. The number of rotatable bonds is 20. The van der Waals surface area contributed by atoms with E-state index in [1.165, 1.54) is 38.5 Å². The lowest BCUT2D eigenvalue weighted by Gasteiger charge is -2.21. The van der Waals surface area contributed by atoms with Crippen LogP contribution in [-0.2, 0) is 0 Å². The molecule has 2 aromatic rings. The van der Waals surface area contributed by atoms with Crippen LogP contribution in [0.2, 0.25) is 0 Å². The predicted molar refractivity (Wildman–Crippen MR) is 164 cm³/mol. The van der Waals surface area contributed by atoms with Crippen LogP contribution in [0.15, 0.2) is 48.5 Å². The predicted octanol–water partition coefficient (Wildman–Crippen LogP) is 7.77. The van der Waals surface area contributed by atoms with Crippen LogP contribution in [0.5, 0.6) is 11.5 Å². The summed E-state index contributed by atoms with van der Waals surface area (Å²) in [5.74, 6) is 2.49. The summed E-state index contributed by atoms with van der Waals surface area (Å²) in [5.41, 5.74) is 1.20. The highest BCUT2D eigenvalue weighted by Gasteiger charge is 2.15. The Kier molecular flexibility index (Phi) is 15.9. The Bertz CT molecular complexity index is 974. The molecule has 0 aliphatic heterocycles. The Morgan fingerprint density at radius 3 is 1.62 bits per heavy atom. The second kappa shape index (κ2) is 19.1. The normalized spacial score (nSPS) is 12.4.